The first-order valence-corrected chi connectivity index (χ1v) is 8.85. The number of nitroso groups, excluding NO2 is 1. The molecule has 26 heavy (non-hydrogen) atoms. The molecule has 0 radical (unpaired) electrons. The van der Waals surface area contributed by atoms with Gasteiger partial charge < -0.3 is 10.3 Å². The van der Waals surface area contributed by atoms with E-state index in [2.05, 4.69) is 15.0 Å². The second-order valence-electron chi connectivity index (χ2n) is 9.10. The zero-order chi connectivity index (χ0) is 19.7. The highest BCUT2D eigenvalue weighted by Crippen LogP contribution is 2.39. The predicted octanol–water partition coefficient (Wildman–Crippen LogP) is 3.30. The highest BCUT2D eigenvalue weighted by Gasteiger charge is 2.59. The van der Waals surface area contributed by atoms with Crippen LogP contribution in [0.25, 0.3) is 0 Å². The fourth-order valence-electron chi connectivity index (χ4n) is 2.93. The van der Waals surface area contributed by atoms with Crippen molar-refractivity contribution in [2.24, 2.45) is 9.98 Å². The number of hydrogen-bond acceptors (Lipinski definition) is 6. The summed E-state index contributed by atoms with van der Waals surface area (Å²) in [6.45, 7) is 15.2. The van der Waals surface area contributed by atoms with Crippen molar-refractivity contribution in [2.75, 3.05) is 0 Å². The monoisotopic (exact) mass is 357 g/mol. The Morgan fingerprint density at radius 3 is 1.96 bits per heavy atom. The van der Waals surface area contributed by atoms with Gasteiger partial charge in [0.2, 0.25) is 0 Å². The van der Waals surface area contributed by atoms with E-state index in [-0.39, 0.29) is 11.7 Å². The quantitative estimate of drug-likeness (QED) is 0.760. The summed E-state index contributed by atoms with van der Waals surface area (Å²) < 4.78 is 0.915. The molecule has 0 amide bonds. The van der Waals surface area contributed by atoms with Crippen LogP contribution in [0.3, 0.4) is 0 Å². The summed E-state index contributed by atoms with van der Waals surface area (Å²) >= 11 is 0. The average molecular weight is 357 g/mol. The molecule has 0 fully saturated rings. The largest absolute Gasteiger partial charge is 0.757 e. The van der Waals surface area contributed by atoms with Crippen LogP contribution in [0.5, 0.6) is 0 Å². The van der Waals surface area contributed by atoms with E-state index in [0.29, 0.717) is 11.4 Å². The van der Waals surface area contributed by atoms with Gasteiger partial charge >= 0.3 is 5.84 Å². The Morgan fingerprint density at radius 2 is 1.50 bits per heavy atom. The van der Waals surface area contributed by atoms with Crippen molar-refractivity contribution in [3.63, 3.8) is 0 Å². The summed E-state index contributed by atoms with van der Waals surface area (Å²) in [4.78, 5) is 26.6. The minimum Gasteiger partial charge on any atom is -0.757 e. The highest BCUT2D eigenvalue weighted by atomic mass is 16.5. The van der Waals surface area contributed by atoms with Crippen LogP contribution in [0.15, 0.2) is 28.2 Å². The van der Waals surface area contributed by atoms with Crippen molar-refractivity contribution < 1.29 is 4.76 Å². The Bertz CT molecular complexity index is 849. The third kappa shape index (κ3) is 2.33. The van der Waals surface area contributed by atoms with Crippen LogP contribution in [0.1, 0.15) is 66.8 Å². The molecule has 0 spiro atoms. The minimum absolute atomic E-state index is 0.288. The maximum Gasteiger partial charge on any atom is 0.383 e. The van der Waals surface area contributed by atoms with E-state index in [1.165, 1.54) is 0 Å². The fourth-order valence-corrected chi connectivity index (χ4v) is 2.93. The smallest absolute Gasteiger partial charge is 0.383 e. The number of rotatable bonds is 2. The second-order valence-corrected chi connectivity index (χ2v) is 9.10. The Hall–Kier alpha value is -2.15. The van der Waals surface area contributed by atoms with Crippen LogP contribution >= 0.6 is 0 Å². The molecule has 0 aliphatic carbocycles. The topological polar surface area (TPSA) is 84.0 Å². The number of aromatic nitrogens is 1. The van der Waals surface area contributed by atoms with Crippen LogP contribution in [-0.2, 0) is 0 Å². The van der Waals surface area contributed by atoms with Gasteiger partial charge in [-0.05, 0) is 72.3 Å². The van der Waals surface area contributed by atoms with Gasteiger partial charge in [-0.25, -0.2) is 4.98 Å². The number of hydrogen-bond donors (Lipinski definition) is 0. The third-order valence-corrected chi connectivity index (χ3v) is 6.37. The van der Waals surface area contributed by atoms with Gasteiger partial charge in [0, 0.05) is 5.54 Å². The SMILES string of the molecule is CC1(C)N=C(c2cccc(C3=NC(C)(C)C(C)(C)[N+]3=O)n2)N([O-])C1(C)C. The molecule has 3 rings (SSSR count). The van der Waals surface area contributed by atoms with Gasteiger partial charge in [-0.15, -0.1) is 0 Å². The zero-order valence-corrected chi connectivity index (χ0v) is 16.8. The van der Waals surface area contributed by atoms with Crippen molar-refractivity contribution in [3.8, 4) is 0 Å². The van der Waals surface area contributed by atoms with Crippen LogP contribution in [0.4, 0.5) is 0 Å². The predicted molar refractivity (Wildman–Crippen MR) is 102 cm³/mol. The molecule has 2 aliphatic rings. The second kappa shape index (κ2) is 5.19. The Labute approximate surface area is 154 Å². The third-order valence-electron chi connectivity index (χ3n) is 6.37. The molecule has 0 bridgehead atoms. The average Bonchev–Trinajstić information content (AvgIpc) is 2.81. The summed E-state index contributed by atoms with van der Waals surface area (Å²) in [5.41, 5.74) is -1.54. The Morgan fingerprint density at radius 1 is 0.923 bits per heavy atom. The molecule has 2 aliphatic heterocycles. The van der Waals surface area contributed by atoms with Gasteiger partial charge in [0.05, 0.1) is 5.54 Å². The van der Waals surface area contributed by atoms with Gasteiger partial charge in [0.25, 0.3) is 0 Å². The molecule has 7 nitrogen and oxygen atoms in total. The van der Waals surface area contributed by atoms with E-state index in [1.807, 2.05) is 55.4 Å². The van der Waals surface area contributed by atoms with E-state index >= 15 is 0 Å². The molecule has 0 atom stereocenters. The van der Waals surface area contributed by atoms with Crippen LogP contribution in [0.2, 0.25) is 0 Å². The molecule has 140 valence electrons. The van der Waals surface area contributed by atoms with Crippen molar-refractivity contribution >= 4 is 11.7 Å². The molecule has 0 N–H and O–H groups in total. The molecule has 0 saturated carbocycles. The van der Waals surface area contributed by atoms with E-state index < -0.39 is 22.2 Å². The summed E-state index contributed by atoms with van der Waals surface area (Å²) in [5.74, 6) is 0.577. The summed E-state index contributed by atoms with van der Waals surface area (Å²) in [6, 6.07) is 5.26. The van der Waals surface area contributed by atoms with Crippen molar-refractivity contribution in [1.82, 2.24) is 10.0 Å². The first-order valence-electron chi connectivity index (χ1n) is 8.85. The minimum atomic E-state index is -0.681. The van der Waals surface area contributed by atoms with Crippen molar-refractivity contribution in [3.05, 3.63) is 39.7 Å². The Balaban J connectivity index is 2.06. The lowest BCUT2D eigenvalue weighted by Crippen LogP contribution is -2.50. The number of amidine groups is 2. The van der Waals surface area contributed by atoms with Crippen LogP contribution < -0.4 is 0 Å². The Kier molecular flexibility index (Phi) is 3.72. The first-order chi connectivity index (χ1) is 11.7. The van der Waals surface area contributed by atoms with Gasteiger partial charge in [-0.2, -0.15) is 0 Å². The van der Waals surface area contributed by atoms with Gasteiger partial charge in [-0.1, -0.05) is 16.0 Å². The summed E-state index contributed by atoms with van der Waals surface area (Å²) in [5, 5.41) is 13.7. The zero-order valence-electron chi connectivity index (χ0n) is 16.8. The van der Waals surface area contributed by atoms with E-state index in [4.69, 9.17) is 0 Å². The van der Waals surface area contributed by atoms with Crippen LogP contribution in [0, 0.1) is 10.1 Å². The summed E-state index contributed by atoms with van der Waals surface area (Å²) in [6.07, 6.45) is 0. The van der Waals surface area contributed by atoms with E-state index in [0.717, 1.165) is 9.82 Å². The molecule has 1 aromatic rings. The normalized spacial score (nSPS) is 25.3. The van der Waals surface area contributed by atoms with Crippen molar-refractivity contribution in [2.45, 2.75) is 77.5 Å². The lowest BCUT2D eigenvalue weighted by atomic mass is 9.84. The number of nitrogens with zero attached hydrogens (tertiary/aromatic N) is 5. The number of aliphatic imine (C=N–C) groups is 2. The van der Waals surface area contributed by atoms with E-state index in [1.54, 1.807) is 18.2 Å². The lowest BCUT2D eigenvalue weighted by Gasteiger charge is -2.45. The van der Waals surface area contributed by atoms with Crippen LogP contribution in [-0.4, -0.2) is 48.6 Å². The summed E-state index contributed by atoms with van der Waals surface area (Å²) in [7, 11) is 0. The number of pyridine rings is 1. The molecule has 0 aromatic carbocycles. The molecule has 0 saturated heterocycles. The fraction of sp³-hybridized carbons (Fsp3) is 0.632. The first kappa shape index (κ1) is 18.6. The van der Waals surface area contributed by atoms with E-state index in [9.17, 15) is 10.1 Å². The lowest BCUT2D eigenvalue weighted by molar-refractivity contribution is -0.514. The molecule has 0 unspecified atom stereocenters. The molecule has 3 heterocycles. The maximum atomic E-state index is 12.8. The molecular formula is C19H27N5O2. The molecule has 1 aromatic heterocycles. The molecular weight excluding hydrogens is 330 g/mol. The van der Waals surface area contributed by atoms with Gasteiger partial charge in [0.15, 0.2) is 16.8 Å². The van der Waals surface area contributed by atoms with Crippen molar-refractivity contribution in [1.29, 1.82) is 0 Å². The maximum absolute atomic E-state index is 12.8. The highest BCUT2D eigenvalue weighted by molar-refractivity contribution is 6.01. The standard InChI is InChI=1S/C19H27N5O2/c1-16(2)18(5,6)23(25)14(21-16)12-10-9-11-13(20-12)15-22-17(3,4)19(7,8)24(15)26/h9-11H,1-8H3. The van der Waals surface area contributed by atoms with Gasteiger partial charge in [-0.3, -0.25) is 4.99 Å². The number of hydroxylamine groups is 2. The van der Waals surface area contributed by atoms with Gasteiger partial charge in [0.1, 0.15) is 11.5 Å². The molecule has 7 heteroatoms.